The molecule has 1 heterocycles. The monoisotopic (exact) mass is 226 g/mol. The van der Waals surface area contributed by atoms with E-state index in [-0.39, 0.29) is 17.5 Å². The van der Waals surface area contributed by atoms with Crippen LogP contribution in [0.2, 0.25) is 0 Å². The lowest BCUT2D eigenvalue weighted by molar-refractivity contribution is -0.119. The molecule has 0 bridgehead atoms. The van der Waals surface area contributed by atoms with Crippen LogP contribution in [-0.4, -0.2) is 19.0 Å². The molecular formula is C11H12F2N2O. The Morgan fingerprint density at radius 3 is 2.81 bits per heavy atom. The number of carbonyl (C=O) groups excluding carboxylic acids is 1. The predicted octanol–water partition coefficient (Wildman–Crippen LogP) is 1.51. The van der Waals surface area contributed by atoms with Crippen molar-refractivity contribution in [2.45, 2.75) is 6.42 Å². The van der Waals surface area contributed by atoms with Crippen molar-refractivity contribution in [2.75, 3.05) is 18.4 Å². The van der Waals surface area contributed by atoms with Crippen LogP contribution in [0.4, 0.5) is 14.5 Å². The predicted molar refractivity (Wildman–Crippen MR) is 56.0 cm³/mol. The van der Waals surface area contributed by atoms with Gasteiger partial charge >= 0.3 is 0 Å². The van der Waals surface area contributed by atoms with Crippen LogP contribution in [0, 0.1) is 17.6 Å². The molecule has 2 N–H and O–H groups in total. The smallest absolute Gasteiger partial charge is 0.228 e. The highest BCUT2D eigenvalue weighted by Crippen LogP contribution is 2.15. The number of anilines is 1. The molecule has 1 unspecified atom stereocenters. The fourth-order valence-corrected chi connectivity index (χ4v) is 1.70. The van der Waals surface area contributed by atoms with Gasteiger partial charge in [0.05, 0.1) is 5.92 Å². The van der Waals surface area contributed by atoms with Crippen molar-refractivity contribution < 1.29 is 13.6 Å². The van der Waals surface area contributed by atoms with Gasteiger partial charge in [-0.25, -0.2) is 8.78 Å². The number of nitrogens with one attached hydrogen (secondary N) is 2. The third-order valence-corrected chi connectivity index (χ3v) is 2.62. The molecule has 16 heavy (non-hydrogen) atoms. The number of benzene rings is 1. The van der Waals surface area contributed by atoms with Gasteiger partial charge in [0.2, 0.25) is 5.91 Å². The first-order valence-corrected chi connectivity index (χ1v) is 5.13. The molecule has 1 saturated heterocycles. The number of hydrogen-bond acceptors (Lipinski definition) is 2. The number of carbonyl (C=O) groups is 1. The van der Waals surface area contributed by atoms with E-state index >= 15 is 0 Å². The Kier molecular flexibility index (Phi) is 3.14. The zero-order valence-corrected chi connectivity index (χ0v) is 8.59. The van der Waals surface area contributed by atoms with Crippen LogP contribution in [0.5, 0.6) is 0 Å². The van der Waals surface area contributed by atoms with E-state index in [1.807, 2.05) is 0 Å². The maximum absolute atomic E-state index is 12.9. The molecule has 1 atom stereocenters. The van der Waals surface area contributed by atoms with Crippen molar-refractivity contribution in [1.82, 2.24) is 5.32 Å². The Hall–Kier alpha value is -1.49. The summed E-state index contributed by atoms with van der Waals surface area (Å²) in [5, 5.41) is 5.63. The summed E-state index contributed by atoms with van der Waals surface area (Å²) < 4.78 is 25.5. The fraction of sp³-hybridized carbons (Fsp3) is 0.364. The van der Waals surface area contributed by atoms with Gasteiger partial charge in [-0.15, -0.1) is 0 Å². The van der Waals surface area contributed by atoms with Gasteiger partial charge in [-0.05, 0) is 25.1 Å². The van der Waals surface area contributed by atoms with Crippen LogP contribution < -0.4 is 10.6 Å². The SMILES string of the molecule is O=C(Nc1ccc(F)c(F)c1)C1CCNC1. The summed E-state index contributed by atoms with van der Waals surface area (Å²) in [6, 6.07) is 3.33. The summed E-state index contributed by atoms with van der Waals surface area (Å²) in [5.41, 5.74) is 0.288. The average Bonchev–Trinajstić information content (AvgIpc) is 2.77. The largest absolute Gasteiger partial charge is 0.326 e. The quantitative estimate of drug-likeness (QED) is 0.802. The number of rotatable bonds is 2. The summed E-state index contributed by atoms with van der Waals surface area (Å²) in [6.45, 7) is 1.45. The lowest BCUT2D eigenvalue weighted by atomic mass is 10.1. The highest BCUT2D eigenvalue weighted by atomic mass is 19.2. The van der Waals surface area contributed by atoms with Crippen LogP contribution in [0.15, 0.2) is 18.2 Å². The van der Waals surface area contributed by atoms with E-state index < -0.39 is 11.6 Å². The van der Waals surface area contributed by atoms with Crippen LogP contribution in [0.25, 0.3) is 0 Å². The van der Waals surface area contributed by atoms with Gasteiger partial charge in [0.25, 0.3) is 0 Å². The first-order chi connectivity index (χ1) is 7.66. The first kappa shape index (κ1) is 11.0. The summed E-state index contributed by atoms with van der Waals surface area (Å²) >= 11 is 0. The molecule has 0 aromatic heterocycles. The van der Waals surface area contributed by atoms with Crippen molar-refractivity contribution in [3.05, 3.63) is 29.8 Å². The maximum atomic E-state index is 12.9. The molecule has 0 radical (unpaired) electrons. The molecule has 5 heteroatoms. The average molecular weight is 226 g/mol. The van der Waals surface area contributed by atoms with Crippen molar-refractivity contribution in [3.8, 4) is 0 Å². The van der Waals surface area contributed by atoms with Gasteiger partial charge in [-0.2, -0.15) is 0 Å². The minimum atomic E-state index is -0.956. The summed E-state index contributed by atoms with van der Waals surface area (Å²) in [4.78, 5) is 11.6. The highest BCUT2D eigenvalue weighted by Gasteiger charge is 2.22. The van der Waals surface area contributed by atoms with E-state index in [4.69, 9.17) is 0 Å². The molecule has 2 rings (SSSR count). The second kappa shape index (κ2) is 4.57. The Bertz CT molecular complexity index is 403. The summed E-state index contributed by atoms with van der Waals surface area (Å²) in [6.07, 6.45) is 0.773. The van der Waals surface area contributed by atoms with Crippen LogP contribution in [0.3, 0.4) is 0 Å². The normalized spacial score (nSPS) is 19.8. The molecule has 1 aliphatic rings. The Balaban J connectivity index is 2.02. The number of amides is 1. The number of halogens is 2. The summed E-state index contributed by atoms with van der Waals surface area (Å²) in [7, 11) is 0. The van der Waals surface area contributed by atoms with Gasteiger partial charge in [-0.3, -0.25) is 4.79 Å². The zero-order valence-electron chi connectivity index (χ0n) is 8.59. The second-order valence-corrected chi connectivity index (χ2v) is 3.81. The van der Waals surface area contributed by atoms with Crippen molar-refractivity contribution >= 4 is 11.6 Å². The second-order valence-electron chi connectivity index (χ2n) is 3.81. The maximum Gasteiger partial charge on any atom is 0.228 e. The Labute approximate surface area is 91.8 Å². The van der Waals surface area contributed by atoms with Crippen molar-refractivity contribution in [2.24, 2.45) is 5.92 Å². The Morgan fingerprint density at radius 2 is 2.19 bits per heavy atom. The van der Waals surface area contributed by atoms with E-state index in [1.165, 1.54) is 6.07 Å². The van der Waals surface area contributed by atoms with Crippen molar-refractivity contribution in [1.29, 1.82) is 0 Å². The minimum Gasteiger partial charge on any atom is -0.326 e. The minimum absolute atomic E-state index is 0.0897. The van der Waals surface area contributed by atoms with Gasteiger partial charge in [0, 0.05) is 18.3 Å². The first-order valence-electron chi connectivity index (χ1n) is 5.13. The van der Waals surface area contributed by atoms with E-state index in [0.717, 1.165) is 25.1 Å². The fourth-order valence-electron chi connectivity index (χ4n) is 1.70. The van der Waals surface area contributed by atoms with Gasteiger partial charge in [0.1, 0.15) is 0 Å². The zero-order chi connectivity index (χ0) is 11.5. The molecule has 0 spiro atoms. The van der Waals surface area contributed by atoms with Crippen LogP contribution in [0.1, 0.15) is 6.42 Å². The van der Waals surface area contributed by atoms with Gasteiger partial charge in [-0.1, -0.05) is 0 Å². The molecule has 86 valence electrons. The topological polar surface area (TPSA) is 41.1 Å². The standard InChI is InChI=1S/C11H12F2N2O/c12-9-2-1-8(5-10(9)13)15-11(16)7-3-4-14-6-7/h1-2,5,7,14H,3-4,6H2,(H,15,16). The van der Waals surface area contributed by atoms with E-state index in [9.17, 15) is 13.6 Å². The molecule has 1 aromatic carbocycles. The number of hydrogen-bond donors (Lipinski definition) is 2. The van der Waals surface area contributed by atoms with Gasteiger partial charge < -0.3 is 10.6 Å². The Morgan fingerprint density at radius 1 is 1.38 bits per heavy atom. The van der Waals surface area contributed by atoms with E-state index in [1.54, 1.807) is 0 Å². The summed E-state index contributed by atoms with van der Waals surface area (Å²) in [5.74, 6) is -2.12. The molecular weight excluding hydrogens is 214 g/mol. The van der Waals surface area contributed by atoms with Crippen LogP contribution >= 0.6 is 0 Å². The van der Waals surface area contributed by atoms with E-state index in [2.05, 4.69) is 10.6 Å². The van der Waals surface area contributed by atoms with Crippen LogP contribution in [-0.2, 0) is 4.79 Å². The van der Waals surface area contributed by atoms with Crippen molar-refractivity contribution in [3.63, 3.8) is 0 Å². The third-order valence-electron chi connectivity index (χ3n) is 2.62. The van der Waals surface area contributed by atoms with E-state index in [0.29, 0.717) is 6.54 Å². The lowest BCUT2D eigenvalue weighted by Crippen LogP contribution is -2.24. The molecule has 1 aromatic rings. The highest BCUT2D eigenvalue weighted by molar-refractivity contribution is 5.92. The molecule has 0 aliphatic carbocycles. The molecule has 1 amide bonds. The molecule has 1 aliphatic heterocycles. The molecule has 3 nitrogen and oxygen atoms in total. The lowest BCUT2D eigenvalue weighted by Gasteiger charge is -2.09. The molecule has 1 fully saturated rings. The third kappa shape index (κ3) is 2.36. The molecule has 0 saturated carbocycles. The van der Waals surface area contributed by atoms with Gasteiger partial charge in [0.15, 0.2) is 11.6 Å².